The third kappa shape index (κ3) is 7.04. The zero-order chi connectivity index (χ0) is 19.8. The van der Waals surface area contributed by atoms with Gasteiger partial charge in [0.15, 0.2) is 5.65 Å². The van der Waals surface area contributed by atoms with Crippen molar-refractivity contribution in [3.8, 4) is 0 Å². The molecule has 0 saturated heterocycles. The SMILES string of the molecule is CC(C)c1cnn2c(NCc3ccccc3)cc(NCCCCCCN)nc12.Cl.Cl. The lowest BCUT2D eigenvalue weighted by Crippen LogP contribution is -2.10. The van der Waals surface area contributed by atoms with E-state index in [-0.39, 0.29) is 24.8 Å². The number of rotatable bonds is 11. The van der Waals surface area contributed by atoms with E-state index in [1.54, 1.807) is 0 Å². The van der Waals surface area contributed by atoms with E-state index >= 15 is 0 Å². The van der Waals surface area contributed by atoms with Crippen LogP contribution in [0.25, 0.3) is 5.65 Å². The van der Waals surface area contributed by atoms with Gasteiger partial charge in [-0.25, -0.2) is 4.98 Å². The van der Waals surface area contributed by atoms with Crippen LogP contribution < -0.4 is 16.4 Å². The molecule has 0 atom stereocenters. The van der Waals surface area contributed by atoms with Gasteiger partial charge in [0.05, 0.1) is 6.20 Å². The average Bonchev–Trinajstić information content (AvgIpc) is 3.14. The highest BCUT2D eigenvalue weighted by molar-refractivity contribution is 5.85. The second-order valence-corrected chi connectivity index (χ2v) is 7.49. The molecule has 0 amide bonds. The fourth-order valence-electron chi connectivity index (χ4n) is 3.23. The Balaban J connectivity index is 0.00000225. The van der Waals surface area contributed by atoms with Crippen molar-refractivity contribution < 1.29 is 0 Å². The van der Waals surface area contributed by atoms with Crippen LogP contribution >= 0.6 is 24.8 Å². The van der Waals surface area contributed by atoms with E-state index in [9.17, 15) is 0 Å². The minimum absolute atomic E-state index is 0. The molecule has 0 unspecified atom stereocenters. The van der Waals surface area contributed by atoms with Crippen LogP contribution in [0.1, 0.15) is 56.6 Å². The number of hydrogen-bond donors (Lipinski definition) is 3. The highest BCUT2D eigenvalue weighted by Gasteiger charge is 2.13. The van der Waals surface area contributed by atoms with E-state index in [1.165, 1.54) is 18.4 Å². The maximum absolute atomic E-state index is 5.56. The van der Waals surface area contributed by atoms with Crippen LogP contribution in [0.4, 0.5) is 11.6 Å². The predicted molar refractivity (Wildman–Crippen MR) is 131 cm³/mol. The summed E-state index contributed by atoms with van der Waals surface area (Å²) in [5.74, 6) is 2.22. The van der Waals surface area contributed by atoms with E-state index in [0.717, 1.165) is 55.3 Å². The minimum atomic E-state index is 0. The largest absolute Gasteiger partial charge is 0.370 e. The zero-order valence-electron chi connectivity index (χ0n) is 17.8. The zero-order valence-corrected chi connectivity index (χ0v) is 19.4. The van der Waals surface area contributed by atoms with Gasteiger partial charge in [-0.1, -0.05) is 57.0 Å². The fourth-order valence-corrected chi connectivity index (χ4v) is 3.23. The number of aromatic nitrogens is 3. The Morgan fingerprint density at radius 2 is 1.73 bits per heavy atom. The monoisotopic (exact) mass is 452 g/mol. The Morgan fingerprint density at radius 3 is 2.43 bits per heavy atom. The van der Waals surface area contributed by atoms with Gasteiger partial charge in [-0.2, -0.15) is 9.61 Å². The normalized spacial score (nSPS) is 10.5. The van der Waals surface area contributed by atoms with E-state index in [2.05, 4.69) is 53.8 Å². The van der Waals surface area contributed by atoms with Gasteiger partial charge in [0.2, 0.25) is 0 Å². The van der Waals surface area contributed by atoms with Crippen LogP contribution in [0.15, 0.2) is 42.6 Å². The summed E-state index contributed by atoms with van der Waals surface area (Å²) in [6.07, 6.45) is 6.53. The predicted octanol–water partition coefficient (Wildman–Crippen LogP) is 5.24. The lowest BCUT2D eigenvalue weighted by atomic mass is 10.1. The molecule has 30 heavy (non-hydrogen) atoms. The second-order valence-electron chi connectivity index (χ2n) is 7.49. The lowest BCUT2D eigenvalue weighted by molar-refractivity contribution is 0.661. The van der Waals surface area contributed by atoms with E-state index in [4.69, 9.17) is 10.7 Å². The van der Waals surface area contributed by atoms with Crippen molar-refractivity contribution in [2.24, 2.45) is 5.73 Å². The molecule has 3 rings (SSSR count). The molecule has 0 radical (unpaired) electrons. The first-order chi connectivity index (χ1) is 13.7. The number of anilines is 2. The van der Waals surface area contributed by atoms with E-state index in [1.807, 2.05) is 22.8 Å². The van der Waals surface area contributed by atoms with E-state index in [0.29, 0.717) is 5.92 Å². The number of halogens is 2. The van der Waals surface area contributed by atoms with Crippen LogP contribution in [0.2, 0.25) is 0 Å². The number of fused-ring (bicyclic) bond motifs is 1. The Morgan fingerprint density at radius 1 is 1.00 bits per heavy atom. The molecule has 0 spiro atoms. The fraction of sp³-hybridized carbons (Fsp3) is 0.455. The number of nitrogens with zero attached hydrogens (tertiary/aromatic N) is 3. The lowest BCUT2D eigenvalue weighted by Gasteiger charge is -2.13. The van der Waals surface area contributed by atoms with Gasteiger partial charge in [0.25, 0.3) is 0 Å². The summed E-state index contributed by atoms with van der Waals surface area (Å²) >= 11 is 0. The van der Waals surface area contributed by atoms with Gasteiger partial charge in [0.1, 0.15) is 11.6 Å². The van der Waals surface area contributed by atoms with Crippen molar-refractivity contribution in [2.75, 3.05) is 23.7 Å². The van der Waals surface area contributed by atoms with Crippen LogP contribution in [0.5, 0.6) is 0 Å². The van der Waals surface area contributed by atoms with Crippen LogP contribution in [0.3, 0.4) is 0 Å². The van der Waals surface area contributed by atoms with Gasteiger partial charge in [-0.15, -0.1) is 24.8 Å². The molecule has 166 valence electrons. The Labute approximate surface area is 191 Å². The van der Waals surface area contributed by atoms with Crippen molar-refractivity contribution in [2.45, 2.75) is 52.0 Å². The Hall–Kier alpha value is -2.02. The molecule has 0 aliphatic rings. The number of nitrogens with two attached hydrogens (primary N) is 1. The summed E-state index contributed by atoms with van der Waals surface area (Å²) < 4.78 is 1.91. The summed E-state index contributed by atoms with van der Waals surface area (Å²) in [4.78, 5) is 4.84. The summed E-state index contributed by atoms with van der Waals surface area (Å²) in [6.45, 7) is 6.79. The molecule has 8 heteroatoms. The Kier molecular flexibility index (Phi) is 11.5. The number of hydrogen-bond acceptors (Lipinski definition) is 5. The molecule has 0 aliphatic heterocycles. The molecule has 4 N–H and O–H groups in total. The van der Waals surface area contributed by atoms with Crippen LogP contribution in [0, 0.1) is 0 Å². The van der Waals surface area contributed by atoms with Crippen LogP contribution in [-0.4, -0.2) is 27.7 Å². The maximum atomic E-state index is 5.56. The first kappa shape index (κ1) is 26.0. The molecule has 3 aromatic rings. The molecule has 2 heterocycles. The summed E-state index contributed by atoms with van der Waals surface area (Å²) in [5, 5.41) is 11.6. The van der Waals surface area contributed by atoms with Gasteiger partial charge < -0.3 is 16.4 Å². The third-order valence-corrected chi connectivity index (χ3v) is 4.87. The number of nitrogens with one attached hydrogen (secondary N) is 2. The highest BCUT2D eigenvalue weighted by Crippen LogP contribution is 2.24. The molecule has 0 saturated carbocycles. The van der Waals surface area contributed by atoms with Gasteiger partial charge in [0, 0.05) is 24.7 Å². The standard InChI is InChI=1S/C22H32N6.2ClH/c1-17(2)19-16-26-28-21(25-15-18-10-6-5-7-11-18)14-20(27-22(19)28)24-13-9-4-3-8-12-23;;/h5-7,10-11,14,16-17,25H,3-4,8-9,12-13,15,23H2,1-2H3,(H,24,27);2*1H. The van der Waals surface area contributed by atoms with Gasteiger partial charge in [-0.3, -0.25) is 0 Å². The second kappa shape index (κ2) is 13.3. The third-order valence-electron chi connectivity index (χ3n) is 4.87. The smallest absolute Gasteiger partial charge is 0.163 e. The molecule has 0 fully saturated rings. The molecular formula is C22H34Cl2N6. The maximum Gasteiger partial charge on any atom is 0.163 e. The summed E-state index contributed by atoms with van der Waals surface area (Å²) in [5.41, 5.74) is 8.87. The first-order valence-electron chi connectivity index (χ1n) is 10.3. The Bertz CT molecular complexity index is 867. The minimum Gasteiger partial charge on any atom is -0.370 e. The summed E-state index contributed by atoms with van der Waals surface area (Å²) in [6, 6.07) is 12.4. The molecule has 6 nitrogen and oxygen atoms in total. The number of unbranched alkanes of at least 4 members (excludes halogenated alkanes) is 3. The van der Waals surface area contributed by atoms with E-state index < -0.39 is 0 Å². The summed E-state index contributed by atoms with van der Waals surface area (Å²) in [7, 11) is 0. The molecule has 1 aromatic carbocycles. The number of benzene rings is 1. The molecule has 0 bridgehead atoms. The topological polar surface area (TPSA) is 80.3 Å². The molecular weight excluding hydrogens is 419 g/mol. The molecule has 0 aliphatic carbocycles. The van der Waals surface area contributed by atoms with Crippen molar-refractivity contribution in [1.82, 2.24) is 14.6 Å². The molecule has 2 aromatic heterocycles. The average molecular weight is 453 g/mol. The van der Waals surface area contributed by atoms with Crippen molar-refractivity contribution >= 4 is 42.1 Å². The highest BCUT2D eigenvalue weighted by atomic mass is 35.5. The van der Waals surface area contributed by atoms with Crippen molar-refractivity contribution in [3.63, 3.8) is 0 Å². The van der Waals surface area contributed by atoms with Crippen molar-refractivity contribution in [3.05, 3.63) is 53.7 Å². The quantitative estimate of drug-likeness (QED) is 0.346. The van der Waals surface area contributed by atoms with Crippen molar-refractivity contribution in [1.29, 1.82) is 0 Å². The van der Waals surface area contributed by atoms with Gasteiger partial charge >= 0.3 is 0 Å². The first-order valence-corrected chi connectivity index (χ1v) is 10.3. The van der Waals surface area contributed by atoms with Gasteiger partial charge in [-0.05, 0) is 30.9 Å². The van der Waals surface area contributed by atoms with Crippen LogP contribution in [-0.2, 0) is 6.54 Å².